The van der Waals surface area contributed by atoms with Crippen LogP contribution < -0.4 is 0 Å². The molecule has 1 aliphatic heterocycles. The number of unbranched alkanes of at least 4 members (excludes halogenated alkanes) is 8. The van der Waals surface area contributed by atoms with Crippen LogP contribution in [-0.2, 0) is 11.2 Å². The van der Waals surface area contributed by atoms with E-state index in [4.69, 9.17) is 9.73 Å². The number of ether oxygens (including phenoxy) is 1. The fourth-order valence-corrected chi connectivity index (χ4v) is 3.94. The predicted octanol–water partition coefficient (Wildman–Crippen LogP) is 7.57. The molecule has 0 aliphatic carbocycles. The lowest BCUT2D eigenvalue weighted by atomic mass is 10.1. The Bertz CT molecular complexity index is 855. The van der Waals surface area contributed by atoms with E-state index in [0.29, 0.717) is 6.61 Å². The summed E-state index contributed by atoms with van der Waals surface area (Å²) in [6.07, 6.45) is 20.4. The van der Waals surface area contributed by atoms with Gasteiger partial charge in [0.15, 0.2) is 0 Å². The summed E-state index contributed by atoms with van der Waals surface area (Å²) in [5, 5.41) is 0. The minimum Gasteiger partial charge on any atom is -0.491 e. The van der Waals surface area contributed by atoms with Gasteiger partial charge in [0.05, 0.1) is 18.0 Å². The van der Waals surface area contributed by atoms with Gasteiger partial charge in [0.25, 0.3) is 0 Å². The predicted molar refractivity (Wildman–Crippen MR) is 131 cm³/mol. The molecule has 0 atom stereocenters. The maximum Gasteiger partial charge on any atom is 0.147 e. The van der Waals surface area contributed by atoms with Crippen molar-refractivity contribution in [2.24, 2.45) is 4.99 Å². The zero-order valence-corrected chi connectivity index (χ0v) is 19.4. The minimum absolute atomic E-state index is 0.700. The molecule has 0 aromatic carbocycles. The Morgan fingerprint density at radius 2 is 1.68 bits per heavy atom. The summed E-state index contributed by atoms with van der Waals surface area (Å²) in [5.74, 6) is 0.849. The molecule has 0 bridgehead atoms. The lowest BCUT2D eigenvalue weighted by molar-refractivity contribution is 0.222. The molecule has 3 rings (SSSR count). The van der Waals surface area contributed by atoms with Gasteiger partial charge in [-0.15, -0.1) is 0 Å². The topological polar surface area (TPSA) is 53.2 Å². The van der Waals surface area contributed by atoms with Gasteiger partial charge in [-0.1, -0.05) is 65.2 Å². The van der Waals surface area contributed by atoms with Crippen molar-refractivity contribution in [3.63, 3.8) is 0 Å². The first kappa shape index (κ1) is 23.2. The SMILES string of the molecule is CCCCCCCCCCCc1ccc(/C=C2\N=C(c3ccc[nH]3)C=C2OCCC)[nH]1. The summed E-state index contributed by atoms with van der Waals surface area (Å²) < 4.78 is 5.96. The van der Waals surface area contributed by atoms with E-state index in [1.165, 1.54) is 63.5 Å². The van der Waals surface area contributed by atoms with E-state index in [-0.39, 0.29) is 0 Å². The van der Waals surface area contributed by atoms with Gasteiger partial charge in [0.2, 0.25) is 0 Å². The fourth-order valence-electron chi connectivity index (χ4n) is 3.94. The maximum atomic E-state index is 5.96. The van der Waals surface area contributed by atoms with E-state index in [1.807, 2.05) is 24.4 Å². The fraction of sp³-hybridized carbons (Fsp3) is 0.519. The quantitative estimate of drug-likeness (QED) is 0.286. The van der Waals surface area contributed by atoms with E-state index in [1.54, 1.807) is 0 Å². The summed E-state index contributed by atoms with van der Waals surface area (Å²) in [4.78, 5) is 11.6. The molecule has 3 heterocycles. The summed E-state index contributed by atoms with van der Waals surface area (Å²) in [6.45, 7) is 5.10. The summed E-state index contributed by atoms with van der Waals surface area (Å²) in [6, 6.07) is 8.38. The molecule has 0 unspecified atom stereocenters. The third-order valence-corrected chi connectivity index (χ3v) is 5.71. The van der Waals surface area contributed by atoms with Crippen LogP contribution >= 0.6 is 0 Å². The van der Waals surface area contributed by atoms with Crippen LogP contribution in [0, 0.1) is 0 Å². The third-order valence-electron chi connectivity index (χ3n) is 5.71. The molecule has 4 heteroatoms. The van der Waals surface area contributed by atoms with E-state index in [0.717, 1.165) is 41.4 Å². The van der Waals surface area contributed by atoms with Gasteiger partial charge in [-0.05, 0) is 49.6 Å². The maximum absolute atomic E-state index is 5.96. The largest absolute Gasteiger partial charge is 0.491 e. The number of hydrogen-bond donors (Lipinski definition) is 2. The van der Waals surface area contributed by atoms with Crippen LogP contribution in [0.1, 0.15) is 95.1 Å². The molecular formula is C27H39N3O. The number of nitrogens with one attached hydrogen (secondary N) is 2. The molecule has 31 heavy (non-hydrogen) atoms. The van der Waals surface area contributed by atoms with Crippen LogP contribution in [0.5, 0.6) is 0 Å². The van der Waals surface area contributed by atoms with Crippen molar-refractivity contribution < 1.29 is 4.74 Å². The molecule has 168 valence electrons. The van der Waals surface area contributed by atoms with Crippen molar-refractivity contribution in [3.05, 3.63) is 65.1 Å². The summed E-state index contributed by atoms with van der Waals surface area (Å²) in [5.41, 5.74) is 5.21. The second kappa shape index (κ2) is 13.0. The van der Waals surface area contributed by atoms with Crippen LogP contribution in [0.2, 0.25) is 0 Å². The molecule has 0 saturated heterocycles. The Hall–Kier alpha value is -2.49. The average molecular weight is 422 g/mol. The zero-order chi connectivity index (χ0) is 21.7. The molecule has 2 N–H and O–H groups in total. The van der Waals surface area contributed by atoms with Crippen LogP contribution in [0.4, 0.5) is 0 Å². The van der Waals surface area contributed by atoms with Crippen molar-refractivity contribution in [3.8, 4) is 0 Å². The number of allylic oxidation sites excluding steroid dienone is 1. The number of hydrogen-bond acceptors (Lipinski definition) is 2. The highest BCUT2D eigenvalue weighted by Crippen LogP contribution is 2.25. The van der Waals surface area contributed by atoms with Crippen LogP contribution in [0.3, 0.4) is 0 Å². The standard InChI is InChI=1S/C27H39N3O/c1-3-5-6-7-8-9-10-11-12-14-22-16-17-23(29-22)20-26-27(31-19-4-2)21-25(30-26)24-15-13-18-28-24/h13,15-18,20-21,28-29H,3-12,14,19H2,1-2H3/b26-20-. The minimum atomic E-state index is 0.700. The first-order chi connectivity index (χ1) is 15.3. The molecule has 2 aromatic rings. The summed E-state index contributed by atoms with van der Waals surface area (Å²) >= 11 is 0. The summed E-state index contributed by atoms with van der Waals surface area (Å²) in [7, 11) is 0. The molecule has 0 spiro atoms. The highest BCUT2D eigenvalue weighted by Gasteiger charge is 2.18. The van der Waals surface area contributed by atoms with Gasteiger partial charge in [0.1, 0.15) is 11.5 Å². The Morgan fingerprint density at radius 3 is 2.39 bits per heavy atom. The molecular weight excluding hydrogens is 382 g/mol. The second-order valence-electron chi connectivity index (χ2n) is 8.48. The number of aryl methyl sites for hydroxylation is 1. The van der Waals surface area contributed by atoms with Gasteiger partial charge < -0.3 is 14.7 Å². The molecule has 0 fully saturated rings. The van der Waals surface area contributed by atoms with Crippen LogP contribution in [0.25, 0.3) is 6.08 Å². The number of nitrogens with zero attached hydrogens (tertiary/aromatic N) is 1. The van der Waals surface area contributed by atoms with Crippen LogP contribution in [-0.4, -0.2) is 22.3 Å². The Kier molecular flexibility index (Phi) is 9.75. The first-order valence-corrected chi connectivity index (χ1v) is 12.3. The molecule has 2 aromatic heterocycles. The van der Waals surface area contributed by atoms with Crippen molar-refractivity contribution in [1.29, 1.82) is 0 Å². The van der Waals surface area contributed by atoms with Gasteiger partial charge in [0, 0.05) is 23.7 Å². The molecule has 0 radical (unpaired) electrons. The Balaban J connectivity index is 1.48. The molecule has 0 saturated carbocycles. The van der Waals surface area contributed by atoms with E-state index in [2.05, 4.69) is 42.0 Å². The highest BCUT2D eigenvalue weighted by atomic mass is 16.5. The van der Waals surface area contributed by atoms with Crippen molar-refractivity contribution in [2.45, 2.75) is 84.5 Å². The van der Waals surface area contributed by atoms with Gasteiger partial charge >= 0.3 is 0 Å². The number of rotatable bonds is 15. The zero-order valence-electron chi connectivity index (χ0n) is 19.4. The lowest BCUT2D eigenvalue weighted by Crippen LogP contribution is -1.95. The molecule has 1 aliphatic rings. The Labute approximate surface area is 187 Å². The first-order valence-electron chi connectivity index (χ1n) is 12.3. The lowest BCUT2D eigenvalue weighted by Gasteiger charge is -2.05. The van der Waals surface area contributed by atoms with Crippen LogP contribution in [0.15, 0.2) is 53.0 Å². The van der Waals surface area contributed by atoms with Gasteiger partial charge in [-0.25, -0.2) is 4.99 Å². The third kappa shape index (κ3) is 7.61. The number of aromatic amines is 2. The van der Waals surface area contributed by atoms with Crippen molar-refractivity contribution in [1.82, 2.24) is 9.97 Å². The normalized spacial score (nSPS) is 14.8. The molecule has 4 nitrogen and oxygen atoms in total. The molecule has 0 amide bonds. The van der Waals surface area contributed by atoms with Gasteiger partial charge in [-0.3, -0.25) is 0 Å². The smallest absolute Gasteiger partial charge is 0.147 e. The average Bonchev–Trinajstić information content (AvgIpc) is 3.53. The highest BCUT2D eigenvalue weighted by molar-refractivity contribution is 6.11. The van der Waals surface area contributed by atoms with E-state index in [9.17, 15) is 0 Å². The van der Waals surface area contributed by atoms with E-state index >= 15 is 0 Å². The second-order valence-corrected chi connectivity index (χ2v) is 8.48. The van der Waals surface area contributed by atoms with Gasteiger partial charge in [-0.2, -0.15) is 0 Å². The van der Waals surface area contributed by atoms with Crippen molar-refractivity contribution >= 4 is 11.8 Å². The number of H-pyrrole nitrogens is 2. The monoisotopic (exact) mass is 421 g/mol. The Morgan fingerprint density at radius 1 is 0.903 bits per heavy atom. The van der Waals surface area contributed by atoms with Crippen molar-refractivity contribution in [2.75, 3.05) is 6.61 Å². The van der Waals surface area contributed by atoms with E-state index < -0.39 is 0 Å². The number of aliphatic imine (C=N–C) groups is 1. The number of aromatic nitrogens is 2.